The quantitative estimate of drug-likeness (QED) is 0.615. The maximum Gasteiger partial charge on any atom is 0.0436 e. The lowest BCUT2D eigenvalue weighted by Crippen LogP contribution is -2.03. The summed E-state index contributed by atoms with van der Waals surface area (Å²) >= 11 is 0. The Morgan fingerprint density at radius 2 is 2.36 bits per heavy atom. The minimum Gasteiger partial charge on any atom is -0.396 e. The molecule has 1 nitrogen and oxygen atoms in total. The minimum absolute atomic E-state index is 0.308. The predicted molar refractivity (Wildman–Crippen MR) is 47.3 cm³/mol. The van der Waals surface area contributed by atoms with E-state index < -0.39 is 0 Å². The van der Waals surface area contributed by atoms with Crippen LogP contribution in [0.4, 0.5) is 0 Å². The molecule has 1 aliphatic carbocycles. The number of hydrogen-bond acceptors (Lipinski definition) is 1. The van der Waals surface area contributed by atoms with Gasteiger partial charge < -0.3 is 5.11 Å². The third-order valence-electron chi connectivity index (χ3n) is 2.23. The van der Waals surface area contributed by atoms with Gasteiger partial charge in [0.15, 0.2) is 0 Å². The molecule has 0 bridgehead atoms. The number of aliphatic hydroxyl groups excluding tert-OH is 1. The minimum atomic E-state index is 0.308. The van der Waals surface area contributed by atoms with Crippen molar-refractivity contribution in [2.24, 2.45) is 5.92 Å². The van der Waals surface area contributed by atoms with E-state index in [2.05, 4.69) is 25.2 Å². The normalized spacial score (nSPS) is 19.6. The van der Waals surface area contributed by atoms with Gasteiger partial charge in [-0.05, 0) is 25.2 Å². The van der Waals surface area contributed by atoms with Crippen LogP contribution in [-0.4, -0.2) is 11.7 Å². The third-order valence-corrected chi connectivity index (χ3v) is 2.23. The van der Waals surface area contributed by atoms with E-state index in [9.17, 15) is 0 Å². The zero-order valence-electron chi connectivity index (χ0n) is 7.09. The Morgan fingerprint density at radius 3 is 2.91 bits per heavy atom. The fourth-order valence-electron chi connectivity index (χ4n) is 1.40. The van der Waals surface area contributed by atoms with E-state index in [1.54, 1.807) is 0 Å². The molecule has 0 saturated carbocycles. The number of allylic oxidation sites excluding steroid dienone is 4. The van der Waals surface area contributed by atoms with Gasteiger partial charge in [-0.3, -0.25) is 0 Å². The van der Waals surface area contributed by atoms with Gasteiger partial charge in [0.05, 0.1) is 0 Å². The van der Waals surface area contributed by atoms with Crippen LogP contribution >= 0.6 is 0 Å². The molecule has 0 unspecified atom stereocenters. The molecular formula is C10H16O. The van der Waals surface area contributed by atoms with E-state index in [4.69, 9.17) is 5.11 Å². The van der Waals surface area contributed by atoms with E-state index in [-0.39, 0.29) is 0 Å². The van der Waals surface area contributed by atoms with Gasteiger partial charge in [0.2, 0.25) is 0 Å². The van der Waals surface area contributed by atoms with Gasteiger partial charge in [-0.1, -0.05) is 30.7 Å². The summed E-state index contributed by atoms with van der Waals surface area (Å²) in [7, 11) is 0. The summed E-state index contributed by atoms with van der Waals surface area (Å²) in [6.45, 7) is 2.49. The first-order valence-electron chi connectivity index (χ1n) is 4.29. The standard InChI is InChI=1S/C10H16O/c1-9(7-8-11)10-5-3-2-4-6-10/h2-3,6,9,11H,4-5,7-8H2,1H3/t9-/m1/s1. The lowest BCUT2D eigenvalue weighted by molar-refractivity contribution is 0.270. The average molecular weight is 152 g/mol. The Kier molecular flexibility index (Phi) is 3.37. The summed E-state index contributed by atoms with van der Waals surface area (Å²) in [5.74, 6) is 0.560. The van der Waals surface area contributed by atoms with Crippen LogP contribution in [0.1, 0.15) is 26.2 Å². The molecule has 0 radical (unpaired) electrons. The molecule has 0 aromatic carbocycles. The van der Waals surface area contributed by atoms with Crippen LogP contribution < -0.4 is 0 Å². The van der Waals surface area contributed by atoms with Crippen LogP contribution in [0.2, 0.25) is 0 Å². The Labute approximate surface area is 68.4 Å². The Balaban J connectivity index is 2.39. The number of rotatable bonds is 3. The van der Waals surface area contributed by atoms with Crippen LogP contribution in [0.3, 0.4) is 0 Å². The van der Waals surface area contributed by atoms with Gasteiger partial charge in [0.25, 0.3) is 0 Å². The van der Waals surface area contributed by atoms with E-state index in [1.807, 2.05) is 0 Å². The summed E-state index contributed by atoms with van der Waals surface area (Å²) in [6, 6.07) is 0. The predicted octanol–water partition coefficient (Wildman–Crippen LogP) is 2.28. The van der Waals surface area contributed by atoms with E-state index in [0.29, 0.717) is 12.5 Å². The summed E-state index contributed by atoms with van der Waals surface area (Å²) in [5.41, 5.74) is 1.49. The monoisotopic (exact) mass is 152 g/mol. The molecule has 0 amide bonds. The number of aliphatic hydroxyl groups is 1. The molecule has 1 atom stereocenters. The molecule has 0 saturated heterocycles. The van der Waals surface area contributed by atoms with Crippen LogP contribution in [0.15, 0.2) is 23.8 Å². The first-order chi connectivity index (χ1) is 5.34. The van der Waals surface area contributed by atoms with Crippen molar-refractivity contribution in [3.05, 3.63) is 23.8 Å². The molecule has 1 rings (SSSR count). The fourth-order valence-corrected chi connectivity index (χ4v) is 1.40. The molecule has 0 aliphatic heterocycles. The van der Waals surface area contributed by atoms with Crippen molar-refractivity contribution in [2.45, 2.75) is 26.2 Å². The Hall–Kier alpha value is -0.560. The molecule has 1 heteroatoms. The highest BCUT2D eigenvalue weighted by molar-refractivity contribution is 5.16. The van der Waals surface area contributed by atoms with Gasteiger partial charge in [-0.25, -0.2) is 0 Å². The summed E-state index contributed by atoms with van der Waals surface area (Å²) in [4.78, 5) is 0. The molecule has 1 aliphatic rings. The zero-order valence-corrected chi connectivity index (χ0v) is 7.09. The zero-order chi connectivity index (χ0) is 8.10. The first-order valence-corrected chi connectivity index (χ1v) is 4.29. The van der Waals surface area contributed by atoms with Crippen molar-refractivity contribution >= 4 is 0 Å². The molecule has 0 aromatic heterocycles. The van der Waals surface area contributed by atoms with Crippen molar-refractivity contribution in [1.82, 2.24) is 0 Å². The first kappa shape index (κ1) is 8.54. The topological polar surface area (TPSA) is 20.2 Å². The van der Waals surface area contributed by atoms with Crippen molar-refractivity contribution in [3.8, 4) is 0 Å². The van der Waals surface area contributed by atoms with Crippen LogP contribution in [0, 0.1) is 5.92 Å². The van der Waals surface area contributed by atoms with Gasteiger partial charge >= 0.3 is 0 Å². The van der Waals surface area contributed by atoms with Crippen molar-refractivity contribution in [3.63, 3.8) is 0 Å². The molecule has 0 heterocycles. The lowest BCUT2D eigenvalue weighted by Gasteiger charge is -2.15. The maximum atomic E-state index is 8.72. The van der Waals surface area contributed by atoms with E-state index in [0.717, 1.165) is 19.3 Å². The van der Waals surface area contributed by atoms with Gasteiger partial charge in [0, 0.05) is 6.61 Å². The number of hydrogen-bond donors (Lipinski definition) is 1. The average Bonchev–Trinajstić information content (AvgIpc) is 2.07. The second kappa shape index (κ2) is 4.35. The third kappa shape index (κ3) is 2.51. The second-order valence-electron chi connectivity index (χ2n) is 3.10. The molecular weight excluding hydrogens is 136 g/mol. The molecule has 1 N–H and O–H groups in total. The van der Waals surface area contributed by atoms with E-state index in [1.165, 1.54) is 5.57 Å². The fraction of sp³-hybridized carbons (Fsp3) is 0.600. The highest BCUT2D eigenvalue weighted by Crippen LogP contribution is 2.21. The van der Waals surface area contributed by atoms with Crippen molar-refractivity contribution < 1.29 is 5.11 Å². The summed E-state index contributed by atoms with van der Waals surface area (Å²) in [5, 5.41) is 8.72. The molecule has 0 aromatic rings. The molecule has 11 heavy (non-hydrogen) atoms. The van der Waals surface area contributed by atoms with Crippen LogP contribution in [0.25, 0.3) is 0 Å². The lowest BCUT2D eigenvalue weighted by atomic mass is 9.92. The Bertz CT molecular complexity index is 168. The van der Waals surface area contributed by atoms with Gasteiger partial charge in [0.1, 0.15) is 0 Å². The summed E-state index contributed by atoms with van der Waals surface area (Å²) < 4.78 is 0. The highest BCUT2D eigenvalue weighted by Gasteiger charge is 2.07. The molecule has 0 fully saturated rings. The second-order valence-corrected chi connectivity index (χ2v) is 3.10. The molecule has 0 spiro atoms. The largest absolute Gasteiger partial charge is 0.396 e. The van der Waals surface area contributed by atoms with Gasteiger partial charge in [-0.2, -0.15) is 0 Å². The SMILES string of the molecule is C[C@H](CCO)C1=CCC=CC1. The van der Waals surface area contributed by atoms with Crippen molar-refractivity contribution in [1.29, 1.82) is 0 Å². The smallest absolute Gasteiger partial charge is 0.0436 e. The van der Waals surface area contributed by atoms with Crippen LogP contribution in [-0.2, 0) is 0 Å². The Morgan fingerprint density at radius 1 is 1.55 bits per heavy atom. The van der Waals surface area contributed by atoms with E-state index >= 15 is 0 Å². The summed E-state index contributed by atoms with van der Waals surface area (Å²) in [6.07, 6.45) is 9.74. The highest BCUT2D eigenvalue weighted by atomic mass is 16.3. The maximum absolute atomic E-state index is 8.72. The van der Waals surface area contributed by atoms with Gasteiger partial charge in [-0.15, -0.1) is 0 Å². The van der Waals surface area contributed by atoms with Crippen LogP contribution in [0.5, 0.6) is 0 Å². The molecule has 62 valence electrons. The van der Waals surface area contributed by atoms with Crippen molar-refractivity contribution in [2.75, 3.05) is 6.61 Å².